The van der Waals surface area contributed by atoms with Crippen LogP contribution in [-0.2, 0) is 4.79 Å². The first-order chi connectivity index (χ1) is 7.13. The summed E-state index contributed by atoms with van der Waals surface area (Å²) in [6.07, 6.45) is 0.373. The third-order valence-electron chi connectivity index (χ3n) is 2.27. The van der Waals surface area contributed by atoms with Crippen molar-refractivity contribution in [2.24, 2.45) is 5.73 Å². The lowest BCUT2D eigenvalue weighted by Crippen LogP contribution is -2.27. The van der Waals surface area contributed by atoms with Crippen LogP contribution in [0.4, 0.5) is 11.4 Å². The SMILES string of the molecule is CCN(CCC(N)=O)c1ccc(N)cc1. The second kappa shape index (κ2) is 5.24. The summed E-state index contributed by atoms with van der Waals surface area (Å²) in [5.74, 6) is -0.274. The molecular formula is C11H17N3O. The van der Waals surface area contributed by atoms with E-state index in [1.165, 1.54) is 0 Å². The van der Waals surface area contributed by atoms with Gasteiger partial charge in [0.1, 0.15) is 0 Å². The van der Waals surface area contributed by atoms with E-state index in [9.17, 15) is 4.79 Å². The Bertz CT molecular complexity index is 321. The Hall–Kier alpha value is -1.71. The molecule has 4 heteroatoms. The van der Waals surface area contributed by atoms with Crippen molar-refractivity contribution in [3.63, 3.8) is 0 Å². The summed E-state index contributed by atoms with van der Waals surface area (Å²) in [5.41, 5.74) is 12.5. The van der Waals surface area contributed by atoms with Crippen molar-refractivity contribution in [3.8, 4) is 0 Å². The summed E-state index contributed by atoms with van der Waals surface area (Å²) < 4.78 is 0. The van der Waals surface area contributed by atoms with Crippen LogP contribution in [-0.4, -0.2) is 19.0 Å². The first-order valence-corrected chi connectivity index (χ1v) is 5.02. The van der Waals surface area contributed by atoms with E-state index in [0.717, 1.165) is 17.9 Å². The van der Waals surface area contributed by atoms with Crippen LogP contribution in [0, 0.1) is 0 Å². The Morgan fingerprint density at radius 2 is 1.93 bits per heavy atom. The fourth-order valence-electron chi connectivity index (χ4n) is 1.40. The maximum absolute atomic E-state index is 10.7. The molecule has 4 N–H and O–H groups in total. The molecule has 82 valence electrons. The molecule has 0 saturated heterocycles. The highest BCUT2D eigenvalue weighted by atomic mass is 16.1. The van der Waals surface area contributed by atoms with Crippen LogP contribution in [0.3, 0.4) is 0 Å². The van der Waals surface area contributed by atoms with Crippen LogP contribution in [0.15, 0.2) is 24.3 Å². The molecule has 0 aromatic heterocycles. The Balaban J connectivity index is 2.65. The van der Waals surface area contributed by atoms with E-state index in [-0.39, 0.29) is 5.91 Å². The third kappa shape index (κ3) is 3.50. The average Bonchev–Trinajstić information content (AvgIpc) is 2.21. The standard InChI is InChI=1S/C11H17N3O/c1-2-14(8-7-11(13)15)10-5-3-9(12)4-6-10/h3-6H,2,7-8,12H2,1H3,(H2,13,15). The first-order valence-electron chi connectivity index (χ1n) is 5.02. The zero-order chi connectivity index (χ0) is 11.3. The number of carbonyl (C=O) groups is 1. The Morgan fingerprint density at radius 3 is 2.40 bits per heavy atom. The van der Waals surface area contributed by atoms with Gasteiger partial charge in [-0.05, 0) is 31.2 Å². The van der Waals surface area contributed by atoms with Crippen LogP contribution in [0.2, 0.25) is 0 Å². The summed E-state index contributed by atoms with van der Waals surface area (Å²) >= 11 is 0. The van der Waals surface area contributed by atoms with Crippen LogP contribution in [0.25, 0.3) is 0 Å². The number of amides is 1. The van der Waals surface area contributed by atoms with E-state index in [1.54, 1.807) is 0 Å². The number of rotatable bonds is 5. The molecule has 0 spiro atoms. The molecule has 0 unspecified atom stereocenters. The van der Waals surface area contributed by atoms with Gasteiger partial charge in [0.2, 0.25) is 5.91 Å². The van der Waals surface area contributed by atoms with E-state index in [4.69, 9.17) is 11.5 Å². The lowest BCUT2D eigenvalue weighted by molar-refractivity contribution is -0.117. The van der Waals surface area contributed by atoms with Gasteiger partial charge >= 0.3 is 0 Å². The normalized spacial score (nSPS) is 9.93. The Labute approximate surface area is 89.9 Å². The van der Waals surface area contributed by atoms with Crippen molar-refractivity contribution < 1.29 is 4.79 Å². The monoisotopic (exact) mass is 207 g/mol. The van der Waals surface area contributed by atoms with Gasteiger partial charge in [0.05, 0.1) is 0 Å². The molecular weight excluding hydrogens is 190 g/mol. The summed E-state index contributed by atoms with van der Waals surface area (Å²) in [6, 6.07) is 7.59. The summed E-state index contributed by atoms with van der Waals surface area (Å²) in [4.78, 5) is 12.8. The predicted octanol–water partition coefficient (Wildman–Crippen LogP) is 0.970. The van der Waals surface area contributed by atoms with Crippen LogP contribution in [0.1, 0.15) is 13.3 Å². The van der Waals surface area contributed by atoms with Gasteiger partial charge in [0.25, 0.3) is 0 Å². The molecule has 4 nitrogen and oxygen atoms in total. The molecule has 1 amide bonds. The van der Waals surface area contributed by atoms with Crippen LogP contribution in [0.5, 0.6) is 0 Å². The minimum absolute atomic E-state index is 0.274. The average molecular weight is 207 g/mol. The van der Waals surface area contributed by atoms with E-state index < -0.39 is 0 Å². The summed E-state index contributed by atoms with van der Waals surface area (Å²) in [5, 5.41) is 0. The lowest BCUT2D eigenvalue weighted by atomic mass is 10.2. The van der Waals surface area contributed by atoms with Gasteiger partial charge in [-0.3, -0.25) is 4.79 Å². The molecule has 1 rings (SSSR count). The zero-order valence-electron chi connectivity index (χ0n) is 8.94. The van der Waals surface area contributed by atoms with Crippen molar-refractivity contribution in [2.75, 3.05) is 23.7 Å². The van der Waals surface area contributed by atoms with Gasteiger partial charge in [-0.1, -0.05) is 0 Å². The molecule has 0 radical (unpaired) electrons. The van der Waals surface area contributed by atoms with Crippen LogP contribution >= 0.6 is 0 Å². The molecule has 0 aliphatic rings. The van der Waals surface area contributed by atoms with Gasteiger partial charge in [0.15, 0.2) is 0 Å². The minimum Gasteiger partial charge on any atom is -0.399 e. The fourth-order valence-corrected chi connectivity index (χ4v) is 1.40. The topological polar surface area (TPSA) is 72.3 Å². The van der Waals surface area contributed by atoms with E-state index in [0.29, 0.717) is 13.0 Å². The second-order valence-electron chi connectivity index (χ2n) is 3.39. The molecule has 0 saturated carbocycles. The van der Waals surface area contributed by atoms with Gasteiger partial charge in [-0.2, -0.15) is 0 Å². The number of primary amides is 1. The summed E-state index contributed by atoms with van der Waals surface area (Å²) in [6.45, 7) is 3.53. The number of carbonyl (C=O) groups excluding carboxylic acids is 1. The van der Waals surface area contributed by atoms with Gasteiger partial charge in [-0.25, -0.2) is 0 Å². The number of benzene rings is 1. The van der Waals surface area contributed by atoms with Crippen molar-refractivity contribution in [2.45, 2.75) is 13.3 Å². The molecule has 0 atom stereocenters. The van der Waals surface area contributed by atoms with Crippen molar-refractivity contribution in [1.82, 2.24) is 0 Å². The van der Waals surface area contributed by atoms with Crippen molar-refractivity contribution in [1.29, 1.82) is 0 Å². The molecule has 0 fully saturated rings. The highest BCUT2D eigenvalue weighted by Crippen LogP contribution is 2.16. The van der Waals surface area contributed by atoms with E-state index in [1.807, 2.05) is 31.2 Å². The molecule has 0 aliphatic heterocycles. The lowest BCUT2D eigenvalue weighted by Gasteiger charge is -2.22. The van der Waals surface area contributed by atoms with E-state index in [2.05, 4.69) is 4.90 Å². The molecule has 0 bridgehead atoms. The van der Waals surface area contributed by atoms with Gasteiger partial charge in [-0.15, -0.1) is 0 Å². The third-order valence-corrected chi connectivity index (χ3v) is 2.27. The predicted molar refractivity (Wildman–Crippen MR) is 62.6 cm³/mol. The highest BCUT2D eigenvalue weighted by molar-refractivity contribution is 5.74. The molecule has 0 aliphatic carbocycles. The fraction of sp³-hybridized carbons (Fsp3) is 0.364. The number of hydrogen-bond acceptors (Lipinski definition) is 3. The minimum atomic E-state index is -0.274. The van der Waals surface area contributed by atoms with Gasteiger partial charge in [0, 0.05) is 30.9 Å². The zero-order valence-corrected chi connectivity index (χ0v) is 8.94. The molecule has 15 heavy (non-hydrogen) atoms. The molecule has 1 aromatic carbocycles. The number of anilines is 2. The number of hydrogen-bond donors (Lipinski definition) is 2. The van der Waals surface area contributed by atoms with Crippen molar-refractivity contribution in [3.05, 3.63) is 24.3 Å². The maximum Gasteiger partial charge on any atom is 0.219 e. The first kappa shape index (κ1) is 11.4. The summed E-state index contributed by atoms with van der Waals surface area (Å²) in [7, 11) is 0. The number of nitrogen functional groups attached to an aromatic ring is 1. The highest BCUT2D eigenvalue weighted by Gasteiger charge is 2.05. The number of nitrogens with two attached hydrogens (primary N) is 2. The van der Waals surface area contributed by atoms with Crippen molar-refractivity contribution >= 4 is 17.3 Å². The van der Waals surface area contributed by atoms with Crippen LogP contribution < -0.4 is 16.4 Å². The maximum atomic E-state index is 10.7. The molecule has 1 aromatic rings. The quantitative estimate of drug-likeness (QED) is 0.707. The largest absolute Gasteiger partial charge is 0.399 e. The van der Waals surface area contributed by atoms with Gasteiger partial charge < -0.3 is 16.4 Å². The smallest absolute Gasteiger partial charge is 0.219 e. The molecule has 0 heterocycles. The Kier molecular flexibility index (Phi) is 3.97. The second-order valence-corrected chi connectivity index (χ2v) is 3.39. The van der Waals surface area contributed by atoms with E-state index >= 15 is 0 Å². The number of nitrogens with zero attached hydrogens (tertiary/aromatic N) is 1. The Morgan fingerprint density at radius 1 is 1.33 bits per heavy atom.